The van der Waals surface area contributed by atoms with Gasteiger partial charge in [-0.25, -0.2) is 0 Å². The van der Waals surface area contributed by atoms with Gasteiger partial charge in [-0.3, -0.25) is 9.59 Å². The average molecular weight is 321 g/mol. The van der Waals surface area contributed by atoms with Crippen LogP contribution in [0, 0.1) is 23.7 Å². The normalized spacial score (nSPS) is 36.3. The molecule has 3 fully saturated rings. The van der Waals surface area contributed by atoms with Gasteiger partial charge in [-0.15, -0.1) is 0 Å². The summed E-state index contributed by atoms with van der Waals surface area (Å²) in [4.78, 5) is 26.6. The molecule has 2 amide bonds. The zero-order chi connectivity index (χ0) is 16.4. The number of fused-ring (bicyclic) bond motifs is 2. The van der Waals surface area contributed by atoms with E-state index in [-0.39, 0.29) is 23.8 Å². The van der Waals surface area contributed by atoms with Crippen molar-refractivity contribution in [3.63, 3.8) is 0 Å². The molecule has 23 heavy (non-hydrogen) atoms. The van der Waals surface area contributed by atoms with E-state index in [2.05, 4.69) is 5.32 Å². The maximum absolute atomic E-state index is 12.9. The highest BCUT2D eigenvalue weighted by Crippen LogP contribution is 2.48. The first-order valence-corrected chi connectivity index (χ1v) is 9.41. The van der Waals surface area contributed by atoms with Gasteiger partial charge < -0.3 is 16.0 Å². The van der Waals surface area contributed by atoms with Crippen LogP contribution in [0.5, 0.6) is 0 Å². The van der Waals surface area contributed by atoms with Gasteiger partial charge >= 0.3 is 0 Å². The Morgan fingerprint density at radius 3 is 2.70 bits per heavy atom. The summed E-state index contributed by atoms with van der Waals surface area (Å²) < 4.78 is 0. The number of rotatable bonds is 5. The third-order valence-electron chi connectivity index (χ3n) is 6.16. The largest absolute Gasteiger partial charge is 0.356 e. The van der Waals surface area contributed by atoms with E-state index in [4.69, 9.17) is 5.73 Å². The highest BCUT2D eigenvalue weighted by molar-refractivity contribution is 5.80. The lowest BCUT2D eigenvalue weighted by Crippen LogP contribution is -2.51. The zero-order valence-electron chi connectivity index (χ0n) is 14.3. The van der Waals surface area contributed by atoms with E-state index >= 15 is 0 Å². The van der Waals surface area contributed by atoms with Gasteiger partial charge in [-0.05, 0) is 56.3 Å². The summed E-state index contributed by atoms with van der Waals surface area (Å²) in [7, 11) is 0. The Bertz CT molecular complexity index is 452. The van der Waals surface area contributed by atoms with E-state index in [1.165, 1.54) is 12.8 Å². The SMILES string of the molecule is CCCC(=O)NCC1CCCN(C(=O)C2C3CCC(C3)C2N)C1. The van der Waals surface area contributed by atoms with Crippen LogP contribution in [-0.2, 0) is 9.59 Å². The minimum absolute atomic E-state index is 0.0576. The number of amides is 2. The lowest BCUT2D eigenvalue weighted by atomic mass is 9.83. The Morgan fingerprint density at radius 2 is 2.00 bits per heavy atom. The number of likely N-dealkylation sites (tertiary alicyclic amines) is 1. The predicted molar refractivity (Wildman–Crippen MR) is 89.5 cm³/mol. The maximum atomic E-state index is 12.9. The van der Waals surface area contributed by atoms with Crippen LogP contribution >= 0.6 is 0 Å². The third-order valence-corrected chi connectivity index (χ3v) is 6.16. The first-order valence-electron chi connectivity index (χ1n) is 9.41. The number of nitrogens with one attached hydrogen (secondary N) is 1. The first-order chi connectivity index (χ1) is 11.1. The fourth-order valence-electron chi connectivity index (χ4n) is 4.92. The van der Waals surface area contributed by atoms with Crippen molar-refractivity contribution in [1.82, 2.24) is 10.2 Å². The van der Waals surface area contributed by atoms with Crippen LogP contribution in [0.2, 0.25) is 0 Å². The summed E-state index contributed by atoms with van der Waals surface area (Å²) in [6.07, 6.45) is 7.15. The van der Waals surface area contributed by atoms with Gasteiger partial charge in [-0.2, -0.15) is 0 Å². The van der Waals surface area contributed by atoms with Gasteiger partial charge in [0.15, 0.2) is 0 Å². The van der Waals surface area contributed by atoms with E-state index < -0.39 is 0 Å². The van der Waals surface area contributed by atoms with Crippen LogP contribution in [0.15, 0.2) is 0 Å². The van der Waals surface area contributed by atoms with Crippen molar-refractivity contribution in [2.24, 2.45) is 29.4 Å². The molecule has 0 aromatic heterocycles. The van der Waals surface area contributed by atoms with Gasteiger partial charge in [0.1, 0.15) is 0 Å². The summed E-state index contributed by atoms with van der Waals surface area (Å²) in [6, 6.07) is 0.0749. The van der Waals surface area contributed by atoms with Crippen molar-refractivity contribution >= 4 is 11.8 Å². The average Bonchev–Trinajstić information content (AvgIpc) is 3.14. The lowest BCUT2D eigenvalue weighted by Gasteiger charge is -2.37. The van der Waals surface area contributed by atoms with Gasteiger partial charge in [0.2, 0.25) is 11.8 Å². The molecule has 0 aromatic rings. The Morgan fingerprint density at radius 1 is 1.22 bits per heavy atom. The fourth-order valence-corrected chi connectivity index (χ4v) is 4.92. The van der Waals surface area contributed by atoms with Crippen molar-refractivity contribution in [3.8, 4) is 0 Å². The molecule has 2 saturated carbocycles. The number of nitrogens with two attached hydrogens (primary N) is 1. The molecule has 0 spiro atoms. The third kappa shape index (κ3) is 3.54. The summed E-state index contributed by atoms with van der Waals surface area (Å²) in [5.74, 6) is 1.96. The molecule has 3 aliphatic rings. The van der Waals surface area contributed by atoms with Crippen LogP contribution in [0.3, 0.4) is 0 Å². The minimum atomic E-state index is 0.0576. The highest BCUT2D eigenvalue weighted by atomic mass is 16.2. The second kappa shape index (κ2) is 7.20. The van der Waals surface area contributed by atoms with Gasteiger partial charge in [-0.1, -0.05) is 6.92 Å². The molecular formula is C18H31N3O2. The maximum Gasteiger partial charge on any atom is 0.227 e. The van der Waals surface area contributed by atoms with Crippen molar-refractivity contribution in [2.45, 2.75) is 57.9 Å². The number of hydrogen-bond donors (Lipinski definition) is 2. The van der Waals surface area contributed by atoms with Gasteiger partial charge in [0.25, 0.3) is 0 Å². The van der Waals surface area contributed by atoms with Crippen LogP contribution < -0.4 is 11.1 Å². The number of nitrogens with zero attached hydrogens (tertiary/aromatic N) is 1. The second-order valence-corrected chi connectivity index (χ2v) is 7.78. The summed E-state index contributed by atoms with van der Waals surface area (Å²) in [6.45, 7) is 4.36. The van der Waals surface area contributed by atoms with Crippen LogP contribution in [0.25, 0.3) is 0 Å². The fraction of sp³-hybridized carbons (Fsp3) is 0.889. The van der Waals surface area contributed by atoms with Gasteiger partial charge in [0.05, 0.1) is 5.92 Å². The van der Waals surface area contributed by atoms with Crippen LogP contribution in [0.1, 0.15) is 51.9 Å². The molecule has 1 heterocycles. The molecule has 5 nitrogen and oxygen atoms in total. The van der Waals surface area contributed by atoms with Crippen molar-refractivity contribution < 1.29 is 9.59 Å². The molecule has 0 radical (unpaired) electrons. The number of carbonyl (C=O) groups is 2. The Hall–Kier alpha value is -1.10. The number of hydrogen-bond acceptors (Lipinski definition) is 3. The predicted octanol–water partition coefficient (Wildman–Crippen LogP) is 1.51. The number of piperidine rings is 1. The molecule has 1 aliphatic heterocycles. The van der Waals surface area contributed by atoms with E-state index in [1.807, 2.05) is 11.8 Å². The zero-order valence-corrected chi connectivity index (χ0v) is 14.3. The van der Waals surface area contributed by atoms with Crippen LogP contribution in [-0.4, -0.2) is 42.4 Å². The molecule has 1 saturated heterocycles. The van der Waals surface area contributed by atoms with Crippen molar-refractivity contribution in [2.75, 3.05) is 19.6 Å². The molecule has 5 unspecified atom stereocenters. The Kier molecular flexibility index (Phi) is 5.24. The van der Waals surface area contributed by atoms with Crippen LogP contribution in [0.4, 0.5) is 0 Å². The molecule has 2 aliphatic carbocycles. The molecule has 5 heteroatoms. The van der Waals surface area contributed by atoms with Crippen molar-refractivity contribution in [3.05, 3.63) is 0 Å². The quantitative estimate of drug-likeness (QED) is 0.806. The smallest absolute Gasteiger partial charge is 0.227 e. The highest BCUT2D eigenvalue weighted by Gasteiger charge is 2.50. The van der Waals surface area contributed by atoms with Gasteiger partial charge in [0, 0.05) is 32.1 Å². The number of carbonyl (C=O) groups excluding carboxylic acids is 2. The summed E-state index contributed by atoms with van der Waals surface area (Å²) in [5.41, 5.74) is 6.33. The molecule has 0 aromatic carbocycles. The van der Waals surface area contributed by atoms with E-state index in [1.54, 1.807) is 0 Å². The lowest BCUT2D eigenvalue weighted by molar-refractivity contribution is -0.139. The second-order valence-electron chi connectivity index (χ2n) is 7.78. The topological polar surface area (TPSA) is 75.4 Å². The van der Waals surface area contributed by atoms with E-state index in [9.17, 15) is 9.59 Å². The molecule has 5 atom stereocenters. The summed E-state index contributed by atoms with van der Waals surface area (Å²) >= 11 is 0. The van der Waals surface area contributed by atoms with E-state index in [0.717, 1.165) is 38.8 Å². The van der Waals surface area contributed by atoms with Crippen molar-refractivity contribution in [1.29, 1.82) is 0 Å². The monoisotopic (exact) mass is 321 g/mol. The molecule has 3 N–H and O–H groups in total. The standard InChI is InChI=1S/C18H31N3O2/c1-2-4-15(22)20-10-12-5-3-8-21(11-12)18(23)16-13-6-7-14(9-13)17(16)19/h12-14,16-17H,2-11,19H2,1H3,(H,20,22). The Labute approximate surface area is 139 Å². The minimum Gasteiger partial charge on any atom is -0.356 e. The molecule has 3 rings (SSSR count). The molecule has 2 bridgehead atoms. The summed E-state index contributed by atoms with van der Waals surface area (Å²) in [5, 5.41) is 3.02. The first kappa shape index (κ1) is 16.7. The Balaban J connectivity index is 1.52. The molecular weight excluding hydrogens is 290 g/mol. The molecule has 130 valence electrons. The van der Waals surface area contributed by atoms with E-state index in [0.29, 0.717) is 30.7 Å².